The van der Waals surface area contributed by atoms with Crippen LogP contribution in [0.25, 0.3) is 5.69 Å². The number of methoxy groups -OCH3 is 1. The average molecular weight is 410 g/mol. The molecule has 1 aromatic carbocycles. The third-order valence-corrected chi connectivity index (χ3v) is 5.77. The number of nitrogens with one attached hydrogen (secondary N) is 1. The van der Waals surface area contributed by atoms with Crippen LogP contribution in [0.3, 0.4) is 0 Å². The molecule has 0 atom stereocenters. The Bertz CT molecular complexity index is 883. The number of hydrogen-bond donors (Lipinski definition) is 1. The fourth-order valence-corrected chi connectivity index (χ4v) is 4.26. The van der Waals surface area contributed by atoms with Crippen LogP contribution in [0, 0.1) is 0 Å². The number of nitrogens with zero attached hydrogens (tertiary/aromatic N) is 6. The van der Waals surface area contributed by atoms with Gasteiger partial charge in [-0.25, -0.2) is 0 Å². The molecule has 0 saturated carbocycles. The Kier molecular flexibility index (Phi) is 6.41. The van der Waals surface area contributed by atoms with Crippen LogP contribution < -0.4 is 10.1 Å². The molecule has 0 radical (unpaired) electrons. The van der Waals surface area contributed by atoms with E-state index in [0.29, 0.717) is 16.0 Å². The van der Waals surface area contributed by atoms with Crippen molar-refractivity contribution in [3.8, 4) is 11.4 Å². The number of ether oxygens (including phenoxy) is 1. The fraction of sp³-hybridized carbons (Fsp3) is 0.286. The third-order valence-electron chi connectivity index (χ3n) is 2.99. The van der Waals surface area contributed by atoms with Crippen molar-refractivity contribution >= 4 is 45.9 Å². The number of anilines is 1. The molecule has 1 amide bonds. The largest absolute Gasteiger partial charge is 0.497 e. The highest BCUT2D eigenvalue weighted by molar-refractivity contribution is 8.01. The van der Waals surface area contributed by atoms with Gasteiger partial charge in [0.15, 0.2) is 4.34 Å². The lowest BCUT2D eigenvalue weighted by molar-refractivity contribution is -0.113. The van der Waals surface area contributed by atoms with E-state index in [1.807, 2.05) is 31.2 Å². The lowest BCUT2D eigenvalue weighted by atomic mass is 10.3. The molecule has 0 aliphatic carbocycles. The summed E-state index contributed by atoms with van der Waals surface area (Å²) in [4.78, 5) is 12.1. The predicted octanol–water partition coefficient (Wildman–Crippen LogP) is 2.37. The molecule has 0 fully saturated rings. The zero-order chi connectivity index (χ0) is 18.4. The van der Waals surface area contributed by atoms with E-state index >= 15 is 0 Å². The van der Waals surface area contributed by atoms with Crippen molar-refractivity contribution in [1.82, 2.24) is 30.4 Å². The first kappa shape index (κ1) is 18.6. The van der Waals surface area contributed by atoms with Crippen LogP contribution in [0.2, 0.25) is 0 Å². The Morgan fingerprint density at radius 3 is 3.00 bits per heavy atom. The van der Waals surface area contributed by atoms with Crippen LogP contribution in [0.5, 0.6) is 5.75 Å². The van der Waals surface area contributed by atoms with Crippen LogP contribution in [0.4, 0.5) is 5.13 Å². The van der Waals surface area contributed by atoms with Crippen molar-refractivity contribution in [2.45, 2.75) is 16.4 Å². The van der Waals surface area contributed by atoms with E-state index < -0.39 is 0 Å². The van der Waals surface area contributed by atoms with Gasteiger partial charge in [-0.15, -0.1) is 15.3 Å². The fourth-order valence-electron chi connectivity index (χ4n) is 1.90. The van der Waals surface area contributed by atoms with Crippen LogP contribution in [0.15, 0.2) is 33.8 Å². The summed E-state index contributed by atoms with van der Waals surface area (Å²) in [5.74, 6) is 1.56. The Morgan fingerprint density at radius 2 is 2.19 bits per heavy atom. The molecule has 0 aliphatic heterocycles. The van der Waals surface area contributed by atoms with Crippen LogP contribution in [-0.2, 0) is 4.79 Å². The number of rotatable bonds is 8. The molecule has 26 heavy (non-hydrogen) atoms. The summed E-state index contributed by atoms with van der Waals surface area (Å²) in [6.07, 6.45) is 0. The van der Waals surface area contributed by atoms with Gasteiger partial charge in [0.05, 0.1) is 18.6 Å². The smallest absolute Gasteiger partial charge is 0.236 e. The van der Waals surface area contributed by atoms with Gasteiger partial charge >= 0.3 is 0 Å². The van der Waals surface area contributed by atoms with E-state index in [4.69, 9.17) is 4.74 Å². The predicted molar refractivity (Wildman–Crippen MR) is 101 cm³/mol. The molecular weight excluding hydrogens is 394 g/mol. The zero-order valence-electron chi connectivity index (χ0n) is 13.9. The highest BCUT2D eigenvalue weighted by Gasteiger charge is 2.13. The minimum Gasteiger partial charge on any atom is -0.497 e. The summed E-state index contributed by atoms with van der Waals surface area (Å²) in [6, 6.07) is 7.35. The molecule has 0 aliphatic rings. The normalized spacial score (nSPS) is 10.7. The van der Waals surface area contributed by atoms with E-state index in [0.717, 1.165) is 15.8 Å². The van der Waals surface area contributed by atoms with Crippen molar-refractivity contribution < 1.29 is 9.53 Å². The Balaban J connectivity index is 1.61. The molecule has 2 heterocycles. The molecule has 0 saturated heterocycles. The second-order valence-electron chi connectivity index (χ2n) is 4.72. The maximum absolute atomic E-state index is 12.1. The monoisotopic (exact) mass is 409 g/mol. The van der Waals surface area contributed by atoms with Gasteiger partial charge in [-0.3, -0.25) is 10.1 Å². The van der Waals surface area contributed by atoms with Crippen molar-refractivity contribution in [3.63, 3.8) is 0 Å². The van der Waals surface area contributed by atoms with E-state index in [9.17, 15) is 4.79 Å². The van der Waals surface area contributed by atoms with Crippen LogP contribution in [0.1, 0.15) is 6.92 Å². The molecular formula is C14H15N7O2S3. The standard InChI is InChI=1S/C14H15N7O2S3/c1-3-24-14-18-16-12(26-14)15-11(22)8-25-13-17-19-20-21(13)9-5-4-6-10(7-9)23-2/h4-7H,3,8H2,1-2H3,(H,15,16,22). The average Bonchev–Trinajstić information content (AvgIpc) is 3.30. The second-order valence-corrected chi connectivity index (χ2v) is 8.15. The van der Waals surface area contributed by atoms with E-state index in [-0.39, 0.29) is 11.7 Å². The zero-order valence-corrected chi connectivity index (χ0v) is 16.4. The van der Waals surface area contributed by atoms with Crippen molar-refractivity contribution in [2.75, 3.05) is 23.9 Å². The first-order chi connectivity index (χ1) is 12.7. The second kappa shape index (κ2) is 8.96. The summed E-state index contributed by atoms with van der Waals surface area (Å²) in [6.45, 7) is 2.04. The van der Waals surface area contributed by atoms with E-state index in [2.05, 4.69) is 31.0 Å². The molecule has 1 N–H and O–H groups in total. The minimum atomic E-state index is -0.195. The Hall–Kier alpha value is -2.18. The first-order valence-electron chi connectivity index (χ1n) is 7.51. The number of amides is 1. The third kappa shape index (κ3) is 4.71. The van der Waals surface area contributed by atoms with Gasteiger partial charge in [0.2, 0.25) is 16.2 Å². The highest BCUT2D eigenvalue weighted by atomic mass is 32.2. The molecule has 12 heteroatoms. The molecule has 2 aromatic heterocycles. The number of carbonyl (C=O) groups is 1. The molecule has 0 spiro atoms. The number of thioether (sulfide) groups is 2. The van der Waals surface area contributed by atoms with Gasteiger partial charge in [0.25, 0.3) is 0 Å². The van der Waals surface area contributed by atoms with Crippen molar-refractivity contribution in [2.24, 2.45) is 0 Å². The van der Waals surface area contributed by atoms with Crippen LogP contribution >= 0.6 is 34.9 Å². The summed E-state index contributed by atoms with van der Waals surface area (Å²) >= 11 is 4.17. The lowest BCUT2D eigenvalue weighted by Gasteiger charge is -2.06. The van der Waals surface area contributed by atoms with E-state index in [1.165, 1.54) is 23.1 Å². The number of benzene rings is 1. The number of carbonyl (C=O) groups excluding carboxylic acids is 1. The summed E-state index contributed by atoms with van der Waals surface area (Å²) in [5.41, 5.74) is 0.752. The summed E-state index contributed by atoms with van der Waals surface area (Å²) < 4.78 is 7.60. The molecule has 0 bridgehead atoms. The molecule has 3 aromatic rings. The van der Waals surface area contributed by atoms with Crippen molar-refractivity contribution in [1.29, 1.82) is 0 Å². The molecule has 0 unspecified atom stereocenters. The number of hydrogen-bond acceptors (Lipinski definition) is 10. The van der Waals surface area contributed by atoms with Gasteiger partial charge in [0, 0.05) is 6.07 Å². The Morgan fingerprint density at radius 1 is 1.31 bits per heavy atom. The van der Waals surface area contributed by atoms with Crippen molar-refractivity contribution in [3.05, 3.63) is 24.3 Å². The first-order valence-corrected chi connectivity index (χ1v) is 10.3. The van der Waals surface area contributed by atoms with E-state index in [1.54, 1.807) is 23.6 Å². The van der Waals surface area contributed by atoms with Gasteiger partial charge in [-0.05, 0) is 28.3 Å². The topological polar surface area (TPSA) is 108 Å². The number of tetrazole rings is 1. The highest BCUT2D eigenvalue weighted by Crippen LogP contribution is 2.25. The maximum atomic E-state index is 12.1. The molecule has 3 rings (SSSR count). The van der Waals surface area contributed by atoms with Crippen LogP contribution in [-0.4, -0.2) is 54.9 Å². The lowest BCUT2D eigenvalue weighted by Crippen LogP contribution is -2.14. The quantitative estimate of drug-likeness (QED) is 0.443. The summed E-state index contributed by atoms with van der Waals surface area (Å²) in [5, 5.41) is 23.3. The van der Waals surface area contributed by atoms with Gasteiger partial charge in [0.1, 0.15) is 5.75 Å². The minimum absolute atomic E-state index is 0.153. The number of aromatic nitrogens is 6. The summed E-state index contributed by atoms with van der Waals surface area (Å²) in [7, 11) is 1.59. The Labute approximate surface area is 161 Å². The SMILES string of the molecule is CCSc1nnc(NC(=O)CSc2nnnn2-c2cccc(OC)c2)s1. The van der Waals surface area contributed by atoms with Gasteiger partial charge in [-0.1, -0.05) is 47.9 Å². The van der Waals surface area contributed by atoms with Gasteiger partial charge in [-0.2, -0.15) is 4.68 Å². The molecule has 9 nitrogen and oxygen atoms in total. The molecule has 136 valence electrons. The van der Waals surface area contributed by atoms with Gasteiger partial charge < -0.3 is 4.74 Å². The maximum Gasteiger partial charge on any atom is 0.236 e.